The molecule has 1 amide bonds. The molecule has 0 bridgehead atoms. The van der Waals surface area contributed by atoms with Crippen LogP contribution in [0.25, 0.3) is 0 Å². The van der Waals surface area contributed by atoms with Crippen LogP contribution in [0.2, 0.25) is 0 Å². The molecule has 0 atom stereocenters. The van der Waals surface area contributed by atoms with Gasteiger partial charge in [-0.2, -0.15) is 5.10 Å². The Balaban J connectivity index is 2.37. The van der Waals surface area contributed by atoms with Gasteiger partial charge in [0.15, 0.2) is 0 Å². The first kappa shape index (κ1) is 10.7. The van der Waals surface area contributed by atoms with Gasteiger partial charge in [0.2, 0.25) is 0 Å². The van der Waals surface area contributed by atoms with Crippen molar-refractivity contribution in [2.75, 3.05) is 26.8 Å². The zero-order valence-electron chi connectivity index (χ0n) is 8.49. The highest BCUT2D eigenvalue weighted by Crippen LogP contribution is 1.99. The van der Waals surface area contributed by atoms with Crippen molar-refractivity contribution in [3.05, 3.63) is 18.0 Å². The average molecular weight is 197 g/mol. The Morgan fingerprint density at radius 1 is 1.71 bits per heavy atom. The molecule has 78 valence electrons. The van der Waals surface area contributed by atoms with E-state index < -0.39 is 0 Å². The van der Waals surface area contributed by atoms with Gasteiger partial charge in [0, 0.05) is 26.4 Å². The molecule has 1 aromatic heterocycles. The van der Waals surface area contributed by atoms with Crippen molar-refractivity contribution in [2.45, 2.75) is 6.92 Å². The van der Waals surface area contributed by atoms with Crippen LogP contribution in [0.4, 0.5) is 0 Å². The zero-order chi connectivity index (χ0) is 10.4. The molecule has 0 aliphatic carbocycles. The lowest BCUT2D eigenvalue weighted by Gasteiger charge is -2.15. The second kappa shape index (κ2) is 5.39. The van der Waals surface area contributed by atoms with Gasteiger partial charge in [0.05, 0.1) is 18.4 Å². The van der Waals surface area contributed by atoms with Gasteiger partial charge in [0.1, 0.15) is 0 Å². The molecule has 0 radical (unpaired) electrons. The molecule has 0 saturated heterocycles. The largest absolute Gasteiger partial charge is 0.380 e. The smallest absolute Gasteiger partial charge is 0.256 e. The first-order chi connectivity index (χ1) is 6.75. The molecule has 0 aliphatic rings. The summed E-state index contributed by atoms with van der Waals surface area (Å²) in [4.78, 5) is 13.2. The number of carbonyl (C=O) groups is 1. The van der Waals surface area contributed by atoms with Crippen molar-refractivity contribution in [3.63, 3.8) is 0 Å². The molecular formula is C9H15N3O2. The van der Waals surface area contributed by atoms with Crippen molar-refractivity contribution in [1.82, 2.24) is 15.1 Å². The van der Waals surface area contributed by atoms with Gasteiger partial charge >= 0.3 is 0 Å². The number of hydrogen-bond donors (Lipinski definition) is 1. The molecule has 5 nitrogen and oxygen atoms in total. The molecule has 1 N–H and O–H groups in total. The van der Waals surface area contributed by atoms with Gasteiger partial charge in [-0.1, -0.05) is 0 Å². The van der Waals surface area contributed by atoms with Crippen LogP contribution in [-0.2, 0) is 4.74 Å². The quantitative estimate of drug-likeness (QED) is 0.700. The molecule has 0 unspecified atom stereocenters. The molecular weight excluding hydrogens is 182 g/mol. The zero-order valence-corrected chi connectivity index (χ0v) is 8.49. The third-order valence-corrected chi connectivity index (χ3v) is 1.87. The summed E-state index contributed by atoms with van der Waals surface area (Å²) in [5.41, 5.74) is 0.573. The minimum atomic E-state index is -0.0431. The number of amides is 1. The van der Waals surface area contributed by atoms with Crippen LogP contribution < -0.4 is 0 Å². The minimum Gasteiger partial charge on any atom is -0.380 e. The van der Waals surface area contributed by atoms with E-state index in [0.717, 1.165) is 0 Å². The first-order valence-corrected chi connectivity index (χ1v) is 4.57. The van der Waals surface area contributed by atoms with E-state index >= 15 is 0 Å². The maximum atomic E-state index is 11.6. The number of carbonyl (C=O) groups excluding carboxylic acids is 1. The molecule has 1 rings (SSSR count). The van der Waals surface area contributed by atoms with Crippen LogP contribution in [0.5, 0.6) is 0 Å². The highest BCUT2D eigenvalue weighted by Gasteiger charge is 2.11. The third-order valence-electron chi connectivity index (χ3n) is 1.87. The van der Waals surface area contributed by atoms with E-state index in [2.05, 4.69) is 10.2 Å². The number of rotatable bonds is 5. The summed E-state index contributed by atoms with van der Waals surface area (Å²) in [5, 5.41) is 6.32. The van der Waals surface area contributed by atoms with Crippen LogP contribution >= 0.6 is 0 Å². The van der Waals surface area contributed by atoms with Crippen molar-refractivity contribution in [3.8, 4) is 0 Å². The summed E-state index contributed by atoms with van der Waals surface area (Å²) in [5.74, 6) is -0.0431. The van der Waals surface area contributed by atoms with E-state index in [-0.39, 0.29) is 5.91 Å². The minimum absolute atomic E-state index is 0.0431. The van der Waals surface area contributed by atoms with E-state index in [9.17, 15) is 4.79 Å². The number of aromatic amines is 1. The fourth-order valence-electron chi connectivity index (χ4n) is 1.04. The molecule has 0 aromatic carbocycles. The van der Waals surface area contributed by atoms with E-state index in [0.29, 0.717) is 25.3 Å². The maximum absolute atomic E-state index is 11.6. The summed E-state index contributed by atoms with van der Waals surface area (Å²) >= 11 is 0. The Hall–Kier alpha value is -1.36. The summed E-state index contributed by atoms with van der Waals surface area (Å²) in [6.45, 7) is 3.76. The van der Waals surface area contributed by atoms with E-state index in [1.165, 1.54) is 6.20 Å². The van der Waals surface area contributed by atoms with E-state index in [1.54, 1.807) is 18.1 Å². The summed E-state index contributed by atoms with van der Waals surface area (Å²) in [6, 6.07) is 0. The Morgan fingerprint density at radius 3 is 3.07 bits per heavy atom. The lowest BCUT2D eigenvalue weighted by Crippen LogP contribution is -2.29. The number of likely N-dealkylation sites (N-methyl/N-ethyl adjacent to an activating group) is 1. The molecule has 0 spiro atoms. The predicted molar refractivity (Wildman–Crippen MR) is 52.0 cm³/mol. The summed E-state index contributed by atoms with van der Waals surface area (Å²) < 4.78 is 5.15. The van der Waals surface area contributed by atoms with Crippen LogP contribution in [0.15, 0.2) is 12.4 Å². The molecule has 1 heterocycles. The maximum Gasteiger partial charge on any atom is 0.256 e. The number of hydrogen-bond acceptors (Lipinski definition) is 3. The summed E-state index contributed by atoms with van der Waals surface area (Å²) in [6.07, 6.45) is 3.10. The van der Waals surface area contributed by atoms with E-state index in [1.807, 2.05) is 6.92 Å². The van der Waals surface area contributed by atoms with Crippen LogP contribution in [0, 0.1) is 0 Å². The van der Waals surface area contributed by atoms with Gasteiger partial charge in [-0.15, -0.1) is 0 Å². The number of H-pyrrole nitrogens is 1. The van der Waals surface area contributed by atoms with Gasteiger partial charge in [-0.05, 0) is 6.92 Å². The fourth-order valence-corrected chi connectivity index (χ4v) is 1.04. The average Bonchev–Trinajstić information content (AvgIpc) is 2.69. The number of ether oxygens (including phenoxy) is 1. The van der Waals surface area contributed by atoms with Gasteiger partial charge in [-0.25, -0.2) is 0 Å². The normalized spacial score (nSPS) is 10.1. The Kier molecular flexibility index (Phi) is 4.12. The third kappa shape index (κ3) is 2.85. The first-order valence-electron chi connectivity index (χ1n) is 4.57. The SMILES string of the molecule is CCOCCN(C)C(=O)c1cn[nH]c1. The van der Waals surface area contributed by atoms with Crippen molar-refractivity contribution in [1.29, 1.82) is 0 Å². The van der Waals surface area contributed by atoms with Gasteiger partial charge in [0.25, 0.3) is 5.91 Å². The Morgan fingerprint density at radius 2 is 2.50 bits per heavy atom. The standard InChI is InChI=1S/C9H15N3O2/c1-3-14-5-4-12(2)9(13)8-6-10-11-7-8/h6-7H,3-5H2,1-2H3,(H,10,11). The molecule has 0 fully saturated rings. The van der Waals surface area contributed by atoms with Crippen LogP contribution in [0.1, 0.15) is 17.3 Å². The van der Waals surface area contributed by atoms with Crippen molar-refractivity contribution in [2.24, 2.45) is 0 Å². The Bertz CT molecular complexity index is 272. The highest BCUT2D eigenvalue weighted by atomic mass is 16.5. The van der Waals surface area contributed by atoms with Gasteiger partial charge < -0.3 is 9.64 Å². The lowest BCUT2D eigenvalue weighted by molar-refractivity contribution is 0.0710. The second-order valence-electron chi connectivity index (χ2n) is 2.91. The van der Waals surface area contributed by atoms with Crippen molar-refractivity contribution >= 4 is 5.91 Å². The Labute approximate surface area is 83.1 Å². The topological polar surface area (TPSA) is 58.2 Å². The monoisotopic (exact) mass is 197 g/mol. The number of aromatic nitrogens is 2. The number of nitrogens with zero attached hydrogens (tertiary/aromatic N) is 2. The second-order valence-corrected chi connectivity index (χ2v) is 2.91. The number of nitrogens with one attached hydrogen (secondary N) is 1. The van der Waals surface area contributed by atoms with Gasteiger partial charge in [-0.3, -0.25) is 9.89 Å². The molecule has 1 aromatic rings. The van der Waals surface area contributed by atoms with Crippen LogP contribution in [-0.4, -0.2) is 47.8 Å². The van der Waals surface area contributed by atoms with Crippen molar-refractivity contribution < 1.29 is 9.53 Å². The molecule has 0 aliphatic heterocycles. The fraction of sp³-hybridized carbons (Fsp3) is 0.556. The van der Waals surface area contributed by atoms with E-state index in [4.69, 9.17) is 4.74 Å². The molecule has 0 saturated carbocycles. The molecule has 5 heteroatoms. The molecule has 14 heavy (non-hydrogen) atoms. The lowest BCUT2D eigenvalue weighted by atomic mass is 10.3. The summed E-state index contributed by atoms with van der Waals surface area (Å²) in [7, 11) is 1.74. The predicted octanol–water partition coefficient (Wildman–Crippen LogP) is 0.518. The van der Waals surface area contributed by atoms with Crippen LogP contribution in [0.3, 0.4) is 0 Å². The highest BCUT2D eigenvalue weighted by molar-refractivity contribution is 5.93.